The predicted molar refractivity (Wildman–Crippen MR) is 101 cm³/mol. The standard InChI is InChI=1S/C18H21NO3S2/c1-2-22-15-10-12(8-9-14(15)20)11-16-17(21)19(18(23)24-16)13-6-4-3-5-7-13/h8-11,13,20H,2-7H2,1H3/b16-11-. The molecule has 1 aromatic rings. The molecule has 2 aliphatic rings. The fourth-order valence-corrected chi connectivity index (χ4v) is 4.58. The molecule has 128 valence electrons. The molecule has 1 aromatic carbocycles. The molecule has 1 saturated carbocycles. The van der Waals surface area contributed by atoms with Gasteiger partial charge in [-0.1, -0.05) is 49.3 Å². The molecule has 1 saturated heterocycles. The highest BCUT2D eigenvalue weighted by atomic mass is 32.2. The number of carbonyl (C=O) groups is 1. The van der Waals surface area contributed by atoms with Crippen molar-refractivity contribution >= 4 is 40.3 Å². The summed E-state index contributed by atoms with van der Waals surface area (Å²) in [7, 11) is 0. The summed E-state index contributed by atoms with van der Waals surface area (Å²) >= 11 is 6.80. The maximum atomic E-state index is 12.8. The first-order chi connectivity index (χ1) is 11.6. The van der Waals surface area contributed by atoms with Crippen molar-refractivity contribution in [2.75, 3.05) is 6.61 Å². The monoisotopic (exact) mass is 363 g/mol. The summed E-state index contributed by atoms with van der Waals surface area (Å²) in [5, 5.41) is 9.79. The van der Waals surface area contributed by atoms with Crippen molar-refractivity contribution in [2.45, 2.75) is 45.1 Å². The molecule has 0 bridgehead atoms. The number of nitrogens with zero attached hydrogens (tertiary/aromatic N) is 1. The lowest BCUT2D eigenvalue weighted by Crippen LogP contribution is -2.39. The quantitative estimate of drug-likeness (QED) is 0.637. The molecule has 3 rings (SSSR count). The van der Waals surface area contributed by atoms with Gasteiger partial charge in [-0.25, -0.2) is 0 Å². The molecule has 0 spiro atoms. The number of carbonyl (C=O) groups excluding carboxylic acids is 1. The largest absolute Gasteiger partial charge is 0.504 e. The summed E-state index contributed by atoms with van der Waals surface area (Å²) in [6.07, 6.45) is 7.46. The Labute approximate surface area is 151 Å². The van der Waals surface area contributed by atoms with E-state index in [1.807, 2.05) is 13.0 Å². The number of hydrogen-bond donors (Lipinski definition) is 1. The first-order valence-electron chi connectivity index (χ1n) is 8.33. The summed E-state index contributed by atoms with van der Waals surface area (Å²) in [6, 6.07) is 5.34. The number of phenolic OH excluding ortho intramolecular Hbond substituents is 1. The minimum Gasteiger partial charge on any atom is -0.504 e. The van der Waals surface area contributed by atoms with Crippen LogP contribution in [-0.4, -0.2) is 32.9 Å². The van der Waals surface area contributed by atoms with Gasteiger partial charge >= 0.3 is 0 Å². The van der Waals surface area contributed by atoms with E-state index in [4.69, 9.17) is 17.0 Å². The van der Waals surface area contributed by atoms with E-state index in [1.54, 1.807) is 23.1 Å². The Morgan fingerprint density at radius 1 is 1.38 bits per heavy atom. The highest BCUT2D eigenvalue weighted by Gasteiger charge is 2.37. The SMILES string of the molecule is CCOc1cc(/C=C2\SC(=S)N(C3CCCCC3)C2=O)ccc1O. The number of rotatable bonds is 4. The van der Waals surface area contributed by atoms with Gasteiger partial charge in [0.05, 0.1) is 11.5 Å². The topological polar surface area (TPSA) is 49.8 Å². The fourth-order valence-electron chi connectivity index (χ4n) is 3.18. The van der Waals surface area contributed by atoms with Gasteiger partial charge in [-0.05, 0) is 43.5 Å². The molecule has 0 aromatic heterocycles. The Kier molecular flexibility index (Phi) is 5.46. The van der Waals surface area contributed by atoms with Crippen LogP contribution in [0.5, 0.6) is 11.5 Å². The number of benzene rings is 1. The molecule has 0 unspecified atom stereocenters. The van der Waals surface area contributed by atoms with E-state index >= 15 is 0 Å². The smallest absolute Gasteiger partial charge is 0.266 e. The Morgan fingerprint density at radius 2 is 2.12 bits per heavy atom. The number of ether oxygens (including phenoxy) is 1. The lowest BCUT2D eigenvalue weighted by Gasteiger charge is -2.29. The van der Waals surface area contributed by atoms with Crippen LogP contribution in [0.25, 0.3) is 6.08 Å². The Balaban J connectivity index is 1.82. The van der Waals surface area contributed by atoms with Crippen molar-refractivity contribution in [3.8, 4) is 11.5 Å². The van der Waals surface area contributed by atoms with Crippen molar-refractivity contribution < 1.29 is 14.6 Å². The Bertz CT molecular complexity index is 681. The van der Waals surface area contributed by atoms with Crippen molar-refractivity contribution in [3.05, 3.63) is 28.7 Å². The summed E-state index contributed by atoms with van der Waals surface area (Å²) in [5.41, 5.74) is 0.820. The van der Waals surface area contributed by atoms with Gasteiger partial charge in [0.15, 0.2) is 11.5 Å². The van der Waals surface area contributed by atoms with Crippen LogP contribution in [-0.2, 0) is 4.79 Å². The molecule has 0 radical (unpaired) electrons. The third-order valence-corrected chi connectivity index (χ3v) is 5.68. The number of hydrogen-bond acceptors (Lipinski definition) is 5. The maximum absolute atomic E-state index is 12.8. The van der Waals surface area contributed by atoms with E-state index in [0.717, 1.165) is 31.2 Å². The van der Waals surface area contributed by atoms with Gasteiger partial charge in [0, 0.05) is 6.04 Å². The summed E-state index contributed by atoms with van der Waals surface area (Å²) < 4.78 is 6.05. The Hall–Kier alpha value is -1.53. The summed E-state index contributed by atoms with van der Waals surface area (Å²) in [5.74, 6) is 0.528. The van der Waals surface area contributed by atoms with Crippen LogP contribution in [0.4, 0.5) is 0 Å². The van der Waals surface area contributed by atoms with Crippen LogP contribution in [0, 0.1) is 0 Å². The molecule has 4 nitrogen and oxygen atoms in total. The van der Waals surface area contributed by atoms with E-state index in [9.17, 15) is 9.90 Å². The van der Waals surface area contributed by atoms with Crippen LogP contribution < -0.4 is 4.74 Å². The zero-order chi connectivity index (χ0) is 17.1. The van der Waals surface area contributed by atoms with E-state index in [2.05, 4.69) is 0 Å². The highest BCUT2D eigenvalue weighted by Crippen LogP contribution is 2.38. The second-order valence-electron chi connectivity index (χ2n) is 6.00. The number of aromatic hydroxyl groups is 1. The molecular weight excluding hydrogens is 342 g/mol. The van der Waals surface area contributed by atoms with Crippen LogP contribution in [0.15, 0.2) is 23.1 Å². The van der Waals surface area contributed by atoms with E-state index in [0.29, 0.717) is 21.6 Å². The van der Waals surface area contributed by atoms with Gasteiger partial charge in [-0.2, -0.15) is 0 Å². The number of thiocarbonyl (C=S) groups is 1. The minimum absolute atomic E-state index is 0.00272. The number of phenols is 1. The van der Waals surface area contributed by atoms with E-state index in [1.165, 1.54) is 18.2 Å². The zero-order valence-electron chi connectivity index (χ0n) is 13.7. The molecule has 1 N–H and O–H groups in total. The molecule has 24 heavy (non-hydrogen) atoms. The van der Waals surface area contributed by atoms with Crippen LogP contribution in [0.2, 0.25) is 0 Å². The molecule has 2 fully saturated rings. The average Bonchev–Trinajstić information content (AvgIpc) is 2.85. The first kappa shape index (κ1) is 17.3. The molecule has 6 heteroatoms. The summed E-state index contributed by atoms with van der Waals surface area (Å²) in [4.78, 5) is 15.2. The molecule has 1 heterocycles. The Morgan fingerprint density at radius 3 is 2.83 bits per heavy atom. The number of thioether (sulfide) groups is 1. The molecule has 1 aliphatic carbocycles. The molecule has 1 amide bonds. The third kappa shape index (κ3) is 3.59. The second-order valence-corrected chi connectivity index (χ2v) is 7.68. The second kappa shape index (κ2) is 7.57. The third-order valence-electron chi connectivity index (χ3n) is 4.34. The first-order valence-corrected chi connectivity index (χ1v) is 9.55. The highest BCUT2D eigenvalue weighted by molar-refractivity contribution is 8.26. The van der Waals surface area contributed by atoms with Gasteiger partial charge in [0.1, 0.15) is 4.32 Å². The van der Waals surface area contributed by atoms with Crippen molar-refractivity contribution in [1.82, 2.24) is 4.90 Å². The molecular formula is C18H21NO3S2. The van der Waals surface area contributed by atoms with Crippen molar-refractivity contribution in [2.24, 2.45) is 0 Å². The normalized spacial score (nSPS) is 20.9. The van der Waals surface area contributed by atoms with Crippen molar-refractivity contribution in [1.29, 1.82) is 0 Å². The fraction of sp³-hybridized carbons (Fsp3) is 0.444. The average molecular weight is 364 g/mol. The van der Waals surface area contributed by atoms with Gasteiger partial charge in [-0.3, -0.25) is 9.69 Å². The molecule has 0 atom stereocenters. The van der Waals surface area contributed by atoms with Gasteiger partial charge in [0.2, 0.25) is 0 Å². The van der Waals surface area contributed by atoms with E-state index < -0.39 is 0 Å². The summed E-state index contributed by atoms with van der Waals surface area (Å²) in [6.45, 7) is 2.34. The number of amides is 1. The predicted octanol–water partition coefficient (Wildman–Crippen LogP) is 4.32. The van der Waals surface area contributed by atoms with E-state index in [-0.39, 0.29) is 17.7 Å². The van der Waals surface area contributed by atoms with Crippen LogP contribution in [0.3, 0.4) is 0 Å². The van der Waals surface area contributed by atoms with Gasteiger partial charge in [-0.15, -0.1) is 0 Å². The van der Waals surface area contributed by atoms with Crippen LogP contribution in [0.1, 0.15) is 44.6 Å². The van der Waals surface area contributed by atoms with Gasteiger partial charge in [0.25, 0.3) is 5.91 Å². The lowest BCUT2D eigenvalue weighted by molar-refractivity contribution is -0.124. The maximum Gasteiger partial charge on any atom is 0.266 e. The minimum atomic E-state index is 0.00272. The van der Waals surface area contributed by atoms with Gasteiger partial charge < -0.3 is 9.84 Å². The van der Waals surface area contributed by atoms with Crippen molar-refractivity contribution in [3.63, 3.8) is 0 Å². The lowest BCUT2D eigenvalue weighted by atomic mass is 9.94. The zero-order valence-corrected chi connectivity index (χ0v) is 15.3. The molecule has 1 aliphatic heterocycles. The van der Waals surface area contributed by atoms with Crippen LogP contribution >= 0.6 is 24.0 Å².